The van der Waals surface area contributed by atoms with Crippen LogP contribution in [0.1, 0.15) is 37.0 Å². The van der Waals surface area contributed by atoms with Crippen LogP contribution in [0.4, 0.5) is 0 Å². The van der Waals surface area contributed by atoms with E-state index in [-0.39, 0.29) is 19.1 Å². The molecule has 1 saturated carbocycles. The van der Waals surface area contributed by atoms with Gasteiger partial charge in [-0.3, -0.25) is 4.79 Å². The normalized spacial score (nSPS) is 18.1. The maximum absolute atomic E-state index is 12.9. The minimum absolute atomic E-state index is 0.0619. The second kappa shape index (κ2) is 8.26. The van der Waals surface area contributed by atoms with Gasteiger partial charge in [0, 0.05) is 4.88 Å². The highest BCUT2D eigenvalue weighted by molar-refractivity contribution is 7.10. The molecular weight excluding hydrogens is 314 g/mol. The number of thiophene rings is 1. The number of rotatable bonds is 8. The summed E-state index contributed by atoms with van der Waals surface area (Å²) in [5.74, 6) is -1.28. The van der Waals surface area contributed by atoms with Gasteiger partial charge in [0.15, 0.2) is 6.04 Å². The van der Waals surface area contributed by atoms with Gasteiger partial charge in [0.25, 0.3) is 0 Å². The third-order valence-electron chi connectivity index (χ3n) is 4.26. The van der Waals surface area contributed by atoms with E-state index in [0.29, 0.717) is 0 Å². The Labute approximate surface area is 140 Å². The van der Waals surface area contributed by atoms with Crippen molar-refractivity contribution in [3.05, 3.63) is 35.0 Å². The quantitative estimate of drug-likeness (QED) is 0.565. The first kappa shape index (κ1) is 17.7. The number of amides is 1. The molecule has 0 bridgehead atoms. The molecule has 1 aliphatic carbocycles. The number of carbonyl (C=O) groups excluding carboxylic acids is 1. The Morgan fingerprint density at radius 3 is 2.74 bits per heavy atom. The second-order valence-corrected chi connectivity index (χ2v) is 6.76. The third kappa shape index (κ3) is 4.20. The summed E-state index contributed by atoms with van der Waals surface area (Å²) in [6.45, 7) is 3.72. The minimum Gasteiger partial charge on any atom is -0.480 e. The maximum Gasteiger partial charge on any atom is 0.328 e. The lowest BCUT2D eigenvalue weighted by Gasteiger charge is -2.36. The van der Waals surface area contributed by atoms with Crippen LogP contribution in [-0.2, 0) is 19.7 Å². The van der Waals surface area contributed by atoms with Gasteiger partial charge in [-0.05, 0) is 24.3 Å². The fraction of sp³-hybridized carbons (Fsp3) is 0.529. The van der Waals surface area contributed by atoms with Crippen LogP contribution in [0.15, 0.2) is 30.2 Å². The fourth-order valence-corrected chi connectivity index (χ4v) is 4.02. The average Bonchev–Trinajstić information content (AvgIpc) is 3.09. The van der Waals surface area contributed by atoms with Gasteiger partial charge >= 0.3 is 5.97 Å². The van der Waals surface area contributed by atoms with Gasteiger partial charge in [-0.1, -0.05) is 31.4 Å². The fourth-order valence-electron chi connectivity index (χ4n) is 3.03. The van der Waals surface area contributed by atoms with Gasteiger partial charge in [-0.15, -0.1) is 17.9 Å². The summed E-state index contributed by atoms with van der Waals surface area (Å²) in [4.78, 5) is 25.3. The molecular formula is C17H23NO4S. The van der Waals surface area contributed by atoms with Gasteiger partial charge in [0.2, 0.25) is 5.91 Å². The first-order valence-electron chi connectivity index (χ1n) is 7.86. The van der Waals surface area contributed by atoms with Crippen molar-refractivity contribution in [2.24, 2.45) is 0 Å². The van der Waals surface area contributed by atoms with E-state index >= 15 is 0 Å². The van der Waals surface area contributed by atoms with Crippen LogP contribution in [0.3, 0.4) is 0 Å². The molecule has 0 saturated heterocycles. The zero-order valence-corrected chi connectivity index (χ0v) is 13.9. The first-order valence-corrected chi connectivity index (χ1v) is 8.74. The Bertz CT molecular complexity index is 535. The molecule has 5 nitrogen and oxygen atoms in total. The highest BCUT2D eigenvalue weighted by atomic mass is 32.1. The molecule has 1 heterocycles. The van der Waals surface area contributed by atoms with Gasteiger partial charge in [-0.25, -0.2) is 4.79 Å². The summed E-state index contributed by atoms with van der Waals surface area (Å²) in [7, 11) is 0. The van der Waals surface area contributed by atoms with E-state index in [9.17, 15) is 14.7 Å². The van der Waals surface area contributed by atoms with Crippen LogP contribution >= 0.6 is 11.3 Å². The lowest BCUT2D eigenvalue weighted by atomic mass is 9.72. The molecule has 1 amide bonds. The molecule has 2 rings (SSSR count). The molecule has 1 aromatic heterocycles. The molecule has 1 unspecified atom stereocenters. The predicted molar refractivity (Wildman–Crippen MR) is 89.7 cm³/mol. The molecule has 0 aliphatic heterocycles. The third-order valence-corrected chi connectivity index (χ3v) is 5.33. The topological polar surface area (TPSA) is 75.6 Å². The number of aliphatic carboxylic acids is 1. The maximum atomic E-state index is 12.9. The summed E-state index contributed by atoms with van der Waals surface area (Å²) in [5.41, 5.74) is -0.599. The zero-order chi connectivity index (χ0) is 16.7. The molecule has 1 atom stereocenters. The van der Waals surface area contributed by atoms with Crippen molar-refractivity contribution >= 4 is 23.2 Å². The molecule has 6 heteroatoms. The largest absolute Gasteiger partial charge is 0.480 e. The zero-order valence-electron chi connectivity index (χ0n) is 13.1. The first-order chi connectivity index (χ1) is 11.1. The van der Waals surface area contributed by atoms with Gasteiger partial charge in [0.1, 0.15) is 0 Å². The molecule has 2 N–H and O–H groups in total. The lowest BCUT2D eigenvalue weighted by molar-refractivity contribution is -0.144. The Hall–Kier alpha value is -1.66. The van der Waals surface area contributed by atoms with E-state index < -0.39 is 17.4 Å². The van der Waals surface area contributed by atoms with Crippen molar-refractivity contribution in [3.8, 4) is 0 Å². The van der Waals surface area contributed by atoms with Crippen LogP contribution in [-0.4, -0.2) is 36.2 Å². The molecule has 0 spiro atoms. The van der Waals surface area contributed by atoms with E-state index in [2.05, 4.69) is 11.9 Å². The standard InChI is InChI=1S/C17H23NO4S/c1-2-10-22-12-13(15(19)20)18-16(21)17(8-4-3-5-9-17)14-7-6-11-23-14/h2,6-7,11,13H,1,3-5,8-10,12H2,(H,18,21)(H,19,20). The van der Waals surface area contributed by atoms with Crippen molar-refractivity contribution in [1.82, 2.24) is 5.32 Å². The molecule has 126 valence electrons. The van der Waals surface area contributed by atoms with E-state index in [1.807, 2.05) is 17.5 Å². The Morgan fingerprint density at radius 1 is 1.43 bits per heavy atom. The number of hydrogen-bond acceptors (Lipinski definition) is 4. The molecule has 23 heavy (non-hydrogen) atoms. The number of hydrogen-bond donors (Lipinski definition) is 2. The van der Waals surface area contributed by atoms with E-state index in [1.54, 1.807) is 17.4 Å². The van der Waals surface area contributed by atoms with E-state index in [1.165, 1.54) is 0 Å². The number of carboxylic acid groups (broad SMARTS) is 1. The number of ether oxygens (including phenoxy) is 1. The van der Waals surface area contributed by atoms with Crippen LogP contribution in [0.5, 0.6) is 0 Å². The molecule has 0 radical (unpaired) electrons. The summed E-state index contributed by atoms with van der Waals surface area (Å²) >= 11 is 1.56. The smallest absolute Gasteiger partial charge is 0.328 e. The molecule has 1 fully saturated rings. The van der Waals surface area contributed by atoms with Crippen LogP contribution in [0.2, 0.25) is 0 Å². The summed E-state index contributed by atoms with van der Waals surface area (Å²) in [6.07, 6.45) is 6.16. The number of carboxylic acids is 1. The highest BCUT2D eigenvalue weighted by Gasteiger charge is 2.43. The summed E-state index contributed by atoms with van der Waals surface area (Å²) < 4.78 is 5.21. The second-order valence-electron chi connectivity index (χ2n) is 5.81. The number of carbonyl (C=O) groups is 2. The monoisotopic (exact) mass is 337 g/mol. The van der Waals surface area contributed by atoms with Crippen molar-refractivity contribution in [1.29, 1.82) is 0 Å². The average molecular weight is 337 g/mol. The molecule has 0 aromatic carbocycles. The predicted octanol–water partition coefficient (Wildman–Crippen LogP) is 2.72. The van der Waals surface area contributed by atoms with Gasteiger partial charge < -0.3 is 15.2 Å². The van der Waals surface area contributed by atoms with Gasteiger partial charge in [0.05, 0.1) is 18.6 Å². The number of nitrogens with one attached hydrogen (secondary N) is 1. The van der Waals surface area contributed by atoms with Crippen molar-refractivity contribution < 1.29 is 19.4 Å². The van der Waals surface area contributed by atoms with Crippen LogP contribution < -0.4 is 5.32 Å². The Kier molecular flexibility index (Phi) is 6.36. The van der Waals surface area contributed by atoms with Gasteiger partial charge in [-0.2, -0.15) is 0 Å². The minimum atomic E-state index is -1.08. The van der Waals surface area contributed by atoms with E-state index in [0.717, 1.165) is 37.0 Å². The Balaban J connectivity index is 2.13. The lowest BCUT2D eigenvalue weighted by Crippen LogP contribution is -2.52. The Morgan fingerprint density at radius 2 is 2.17 bits per heavy atom. The van der Waals surface area contributed by atoms with Crippen molar-refractivity contribution in [3.63, 3.8) is 0 Å². The van der Waals surface area contributed by atoms with E-state index in [4.69, 9.17) is 4.74 Å². The summed E-state index contributed by atoms with van der Waals surface area (Å²) in [5, 5.41) is 14.0. The molecule has 1 aromatic rings. The summed E-state index contributed by atoms with van der Waals surface area (Å²) in [6, 6.07) is 2.87. The van der Waals surface area contributed by atoms with Crippen LogP contribution in [0, 0.1) is 0 Å². The SMILES string of the molecule is C=CCOCC(NC(=O)C1(c2cccs2)CCCCC1)C(=O)O. The van der Waals surface area contributed by atoms with Crippen LogP contribution in [0.25, 0.3) is 0 Å². The van der Waals surface area contributed by atoms with Crippen molar-refractivity contribution in [2.45, 2.75) is 43.6 Å². The van der Waals surface area contributed by atoms with Crippen molar-refractivity contribution in [2.75, 3.05) is 13.2 Å². The highest BCUT2D eigenvalue weighted by Crippen LogP contribution is 2.41. The molecule has 1 aliphatic rings.